The molecule has 1 heterocycles. The third-order valence-electron chi connectivity index (χ3n) is 4.87. The third-order valence-corrected chi connectivity index (χ3v) is 4.87. The molecule has 168 valence electrons. The molecule has 3 rings (SSSR count). The van der Waals surface area contributed by atoms with E-state index in [1.165, 1.54) is 12.1 Å². The molecule has 1 N–H and O–H groups in total. The Kier molecular flexibility index (Phi) is 7.96. The maximum Gasteiger partial charge on any atom is 0.387 e. The maximum atomic E-state index is 12.3. The van der Waals surface area contributed by atoms with Crippen LogP contribution in [0.3, 0.4) is 0 Å². The van der Waals surface area contributed by atoms with Crippen LogP contribution in [0.5, 0.6) is 5.75 Å². The molecule has 0 bridgehead atoms. The van der Waals surface area contributed by atoms with Gasteiger partial charge in [-0.25, -0.2) is 0 Å². The van der Waals surface area contributed by atoms with Crippen molar-refractivity contribution < 1.29 is 13.5 Å². The fourth-order valence-electron chi connectivity index (χ4n) is 3.24. The van der Waals surface area contributed by atoms with Crippen molar-refractivity contribution in [2.45, 2.75) is 26.2 Å². The van der Waals surface area contributed by atoms with Crippen molar-refractivity contribution in [2.75, 3.05) is 14.1 Å². The SMILES string of the molecule is CN=C(NCc1ccc(Cn2ccccc2=O)cc1)N(C)Cc1ccc(OC(F)F)cc1. The molecule has 0 saturated heterocycles. The molecule has 0 aliphatic heterocycles. The molecular weight excluding hydrogens is 414 g/mol. The quantitative estimate of drug-likeness (QED) is 0.429. The summed E-state index contributed by atoms with van der Waals surface area (Å²) in [6.07, 6.45) is 1.77. The van der Waals surface area contributed by atoms with Gasteiger partial charge in [-0.1, -0.05) is 42.5 Å². The molecule has 0 amide bonds. The zero-order chi connectivity index (χ0) is 22.9. The first-order valence-corrected chi connectivity index (χ1v) is 10.1. The molecule has 6 nitrogen and oxygen atoms in total. The Morgan fingerprint density at radius 2 is 1.69 bits per heavy atom. The highest BCUT2D eigenvalue weighted by Gasteiger charge is 2.08. The molecule has 1 aromatic heterocycles. The first kappa shape index (κ1) is 23.0. The summed E-state index contributed by atoms with van der Waals surface area (Å²) in [6, 6.07) is 19.7. The zero-order valence-corrected chi connectivity index (χ0v) is 18.0. The molecule has 0 aliphatic rings. The molecule has 0 saturated carbocycles. The molecule has 0 unspecified atom stereocenters. The molecule has 32 heavy (non-hydrogen) atoms. The number of rotatable bonds is 8. The van der Waals surface area contributed by atoms with Crippen LogP contribution in [-0.4, -0.2) is 36.1 Å². The zero-order valence-electron chi connectivity index (χ0n) is 18.0. The van der Waals surface area contributed by atoms with Crippen molar-refractivity contribution >= 4 is 5.96 Å². The number of nitrogens with zero attached hydrogens (tertiary/aromatic N) is 3. The predicted molar refractivity (Wildman–Crippen MR) is 121 cm³/mol. The van der Waals surface area contributed by atoms with Crippen LogP contribution in [0.1, 0.15) is 16.7 Å². The minimum Gasteiger partial charge on any atom is -0.435 e. The lowest BCUT2D eigenvalue weighted by Gasteiger charge is -2.22. The van der Waals surface area contributed by atoms with E-state index in [0.29, 0.717) is 25.6 Å². The topological polar surface area (TPSA) is 58.9 Å². The van der Waals surface area contributed by atoms with Crippen LogP contribution in [0.25, 0.3) is 0 Å². The summed E-state index contributed by atoms with van der Waals surface area (Å²) < 4.78 is 30.6. The summed E-state index contributed by atoms with van der Waals surface area (Å²) >= 11 is 0. The number of aromatic nitrogens is 1. The lowest BCUT2D eigenvalue weighted by atomic mass is 10.1. The number of hydrogen-bond acceptors (Lipinski definition) is 3. The Morgan fingerprint density at radius 3 is 2.31 bits per heavy atom. The van der Waals surface area contributed by atoms with Crippen molar-refractivity contribution in [1.82, 2.24) is 14.8 Å². The first-order chi connectivity index (χ1) is 15.4. The Balaban J connectivity index is 1.53. The van der Waals surface area contributed by atoms with Crippen LogP contribution in [0.15, 0.2) is 82.7 Å². The van der Waals surface area contributed by atoms with Gasteiger partial charge >= 0.3 is 6.61 Å². The van der Waals surface area contributed by atoms with Gasteiger partial charge in [0.1, 0.15) is 5.75 Å². The van der Waals surface area contributed by atoms with Gasteiger partial charge in [0, 0.05) is 39.4 Å². The van der Waals surface area contributed by atoms with Gasteiger partial charge in [0.05, 0.1) is 6.54 Å². The number of pyridine rings is 1. The van der Waals surface area contributed by atoms with E-state index >= 15 is 0 Å². The predicted octanol–water partition coefficient (Wildman–Crippen LogP) is 3.71. The van der Waals surface area contributed by atoms with E-state index in [0.717, 1.165) is 16.7 Å². The van der Waals surface area contributed by atoms with E-state index in [2.05, 4.69) is 15.0 Å². The second-order valence-corrected chi connectivity index (χ2v) is 7.26. The van der Waals surface area contributed by atoms with Crippen molar-refractivity contribution in [3.05, 3.63) is 100.0 Å². The second-order valence-electron chi connectivity index (χ2n) is 7.26. The van der Waals surface area contributed by atoms with Gasteiger partial charge in [0.2, 0.25) is 0 Å². The molecule has 8 heteroatoms. The Labute approximate surface area is 185 Å². The number of halogens is 2. The monoisotopic (exact) mass is 440 g/mol. The lowest BCUT2D eigenvalue weighted by Crippen LogP contribution is -2.38. The molecule has 2 aromatic carbocycles. The van der Waals surface area contributed by atoms with E-state index in [4.69, 9.17) is 0 Å². The van der Waals surface area contributed by atoms with Crippen LogP contribution >= 0.6 is 0 Å². The highest BCUT2D eigenvalue weighted by Crippen LogP contribution is 2.16. The first-order valence-electron chi connectivity index (χ1n) is 10.1. The Morgan fingerprint density at radius 1 is 1.03 bits per heavy atom. The van der Waals surface area contributed by atoms with Crippen molar-refractivity contribution in [3.63, 3.8) is 0 Å². The summed E-state index contributed by atoms with van der Waals surface area (Å²) in [5.41, 5.74) is 3.04. The summed E-state index contributed by atoms with van der Waals surface area (Å²) in [7, 11) is 3.61. The van der Waals surface area contributed by atoms with Gasteiger partial charge in [0.15, 0.2) is 5.96 Å². The van der Waals surface area contributed by atoms with Gasteiger partial charge in [0.25, 0.3) is 5.56 Å². The summed E-state index contributed by atoms with van der Waals surface area (Å²) in [5, 5.41) is 3.32. The molecule has 0 aliphatic carbocycles. The minimum atomic E-state index is -2.83. The van der Waals surface area contributed by atoms with Gasteiger partial charge in [-0.05, 0) is 34.9 Å². The standard InChI is InChI=1S/C24H26F2N4O2/c1-27-24(29(2)16-19-10-12-21(13-11-19)32-23(25)26)28-15-18-6-8-20(9-7-18)17-30-14-4-3-5-22(30)31/h3-14,23H,15-17H2,1-2H3,(H,27,28). The Bertz CT molecular complexity index is 1080. The second kappa shape index (κ2) is 11.1. The van der Waals surface area contributed by atoms with Crippen LogP contribution < -0.4 is 15.6 Å². The number of aliphatic imine (C=N–C) groups is 1. The number of alkyl halides is 2. The fourth-order valence-corrected chi connectivity index (χ4v) is 3.24. The van der Waals surface area contributed by atoms with Crippen LogP contribution in [0.4, 0.5) is 8.78 Å². The van der Waals surface area contributed by atoms with Crippen LogP contribution in [-0.2, 0) is 19.6 Å². The van der Waals surface area contributed by atoms with E-state index < -0.39 is 6.61 Å². The molecular formula is C24H26F2N4O2. The summed E-state index contributed by atoms with van der Waals surface area (Å²) in [4.78, 5) is 18.1. The number of benzene rings is 2. The fraction of sp³-hybridized carbons (Fsp3) is 0.250. The smallest absolute Gasteiger partial charge is 0.387 e. The van der Waals surface area contributed by atoms with Crippen molar-refractivity contribution in [2.24, 2.45) is 4.99 Å². The van der Waals surface area contributed by atoms with E-state index in [9.17, 15) is 13.6 Å². The molecule has 0 spiro atoms. The molecule has 0 atom stereocenters. The van der Waals surface area contributed by atoms with Gasteiger partial charge in [-0.2, -0.15) is 8.78 Å². The highest BCUT2D eigenvalue weighted by atomic mass is 19.3. The van der Waals surface area contributed by atoms with E-state index in [1.54, 1.807) is 42.1 Å². The summed E-state index contributed by atoms with van der Waals surface area (Å²) in [5.74, 6) is 0.840. The van der Waals surface area contributed by atoms with E-state index in [1.807, 2.05) is 42.3 Å². The highest BCUT2D eigenvalue weighted by molar-refractivity contribution is 5.79. The van der Waals surface area contributed by atoms with Crippen LogP contribution in [0.2, 0.25) is 0 Å². The number of guanidine groups is 1. The normalized spacial score (nSPS) is 11.5. The average Bonchev–Trinajstić information content (AvgIpc) is 2.78. The third kappa shape index (κ3) is 6.66. The molecule has 0 radical (unpaired) electrons. The van der Waals surface area contributed by atoms with Gasteiger partial charge in [-0.3, -0.25) is 9.79 Å². The van der Waals surface area contributed by atoms with Gasteiger partial charge < -0.3 is 19.5 Å². The van der Waals surface area contributed by atoms with E-state index in [-0.39, 0.29) is 11.3 Å². The molecule has 3 aromatic rings. The number of hydrogen-bond donors (Lipinski definition) is 1. The molecule has 0 fully saturated rings. The van der Waals surface area contributed by atoms with Gasteiger partial charge in [-0.15, -0.1) is 0 Å². The number of ether oxygens (including phenoxy) is 1. The van der Waals surface area contributed by atoms with Crippen LogP contribution in [0, 0.1) is 0 Å². The largest absolute Gasteiger partial charge is 0.435 e. The average molecular weight is 440 g/mol. The summed E-state index contributed by atoms with van der Waals surface area (Å²) in [6.45, 7) is -1.16. The minimum absolute atomic E-state index is 0.0266. The van der Waals surface area contributed by atoms with Crippen molar-refractivity contribution in [1.29, 1.82) is 0 Å². The Hall–Kier alpha value is -3.68. The maximum absolute atomic E-state index is 12.3. The van der Waals surface area contributed by atoms with Crippen molar-refractivity contribution in [3.8, 4) is 5.75 Å². The lowest BCUT2D eigenvalue weighted by molar-refractivity contribution is -0.0498. The number of nitrogens with one attached hydrogen (secondary N) is 1.